The highest BCUT2D eigenvalue weighted by atomic mass is 79.9. The third-order valence-corrected chi connectivity index (χ3v) is 4.22. The first-order valence-electron chi connectivity index (χ1n) is 5.99. The van der Waals surface area contributed by atoms with Gasteiger partial charge in [-0.05, 0) is 46.6 Å². The Morgan fingerprint density at radius 2 is 1.84 bits per heavy atom. The van der Waals surface area contributed by atoms with Gasteiger partial charge in [0.25, 0.3) is 0 Å². The lowest BCUT2D eigenvalue weighted by Gasteiger charge is -2.12. The van der Waals surface area contributed by atoms with E-state index in [0.717, 1.165) is 25.8 Å². The van der Waals surface area contributed by atoms with Crippen LogP contribution < -0.4 is 10.5 Å². The van der Waals surface area contributed by atoms with Gasteiger partial charge in [-0.3, -0.25) is 0 Å². The van der Waals surface area contributed by atoms with Gasteiger partial charge in [0.2, 0.25) is 0 Å². The maximum atomic E-state index is 5.85. The number of nitrogens with two attached hydrogens (primary N) is 1. The maximum absolute atomic E-state index is 5.85. The minimum atomic E-state index is 0.0219. The van der Waals surface area contributed by atoms with E-state index in [1.165, 1.54) is 0 Å². The van der Waals surface area contributed by atoms with Gasteiger partial charge in [0.1, 0.15) is 12.4 Å². The van der Waals surface area contributed by atoms with Crippen LogP contribution in [0.4, 0.5) is 0 Å². The van der Waals surface area contributed by atoms with Crippen LogP contribution in [0.25, 0.3) is 0 Å². The van der Waals surface area contributed by atoms with E-state index < -0.39 is 0 Å². The monoisotopic (exact) mass is 383 g/mol. The number of halogens is 2. The zero-order chi connectivity index (χ0) is 13.8. The Bertz CT molecular complexity index is 570. The first kappa shape index (κ1) is 14.6. The minimum Gasteiger partial charge on any atom is -0.488 e. The van der Waals surface area contributed by atoms with Crippen LogP contribution in [0.15, 0.2) is 51.4 Å². The summed E-state index contributed by atoms with van der Waals surface area (Å²) in [5.41, 5.74) is 8.05. The first-order chi connectivity index (χ1) is 9.08. The average molecular weight is 385 g/mol. The lowest BCUT2D eigenvalue weighted by molar-refractivity contribution is 0.303. The van der Waals surface area contributed by atoms with Crippen LogP contribution in [-0.4, -0.2) is 0 Å². The predicted octanol–water partition coefficient (Wildman–Crippen LogP) is 4.81. The van der Waals surface area contributed by atoms with Gasteiger partial charge >= 0.3 is 0 Å². The summed E-state index contributed by atoms with van der Waals surface area (Å²) in [6.07, 6.45) is 0. The summed E-state index contributed by atoms with van der Waals surface area (Å²) >= 11 is 7.03. The Kier molecular flexibility index (Phi) is 5.02. The van der Waals surface area contributed by atoms with Gasteiger partial charge in [-0.25, -0.2) is 0 Å². The van der Waals surface area contributed by atoms with E-state index in [4.69, 9.17) is 10.5 Å². The molecule has 0 fully saturated rings. The van der Waals surface area contributed by atoms with Crippen molar-refractivity contribution in [3.8, 4) is 5.75 Å². The molecule has 0 aromatic heterocycles. The Labute approximate surface area is 130 Å². The molecule has 2 N–H and O–H groups in total. The number of hydrogen-bond donors (Lipinski definition) is 1. The van der Waals surface area contributed by atoms with Crippen LogP contribution in [0.3, 0.4) is 0 Å². The van der Waals surface area contributed by atoms with Crippen LogP contribution in [0, 0.1) is 0 Å². The van der Waals surface area contributed by atoms with Crippen molar-refractivity contribution in [3.05, 3.63) is 62.5 Å². The molecule has 0 spiro atoms. The van der Waals surface area contributed by atoms with Gasteiger partial charge in [0.15, 0.2) is 0 Å². The molecule has 2 aromatic carbocycles. The van der Waals surface area contributed by atoms with Crippen molar-refractivity contribution in [2.24, 2.45) is 5.73 Å². The van der Waals surface area contributed by atoms with Crippen molar-refractivity contribution in [1.29, 1.82) is 0 Å². The molecule has 0 saturated heterocycles. The van der Waals surface area contributed by atoms with E-state index in [1.54, 1.807) is 0 Å². The quantitative estimate of drug-likeness (QED) is 0.820. The first-order valence-corrected chi connectivity index (χ1v) is 7.58. The molecule has 0 bridgehead atoms. The largest absolute Gasteiger partial charge is 0.488 e. The molecule has 2 nitrogen and oxygen atoms in total. The summed E-state index contributed by atoms with van der Waals surface area (Å²) < 4.78 is 7.80. The summed E-state index contributed by atoms with van der Waals surface area (Å²) in [5, 5.41) is 0. The normalized spacial score (nSPS) is 12.2. The highest BCUT2D eigenvalue weighted by Gasteiger charge is 2.06. The molecule has 0 radical (unpaired) electrons. The zero-order valence-corrected chi connectivity index (χ0v) is 13.7. The molecule has 0 aliphatic carbocycles. The van der Waals surface area contributed by atoms with Gasteiger partial charge in [-0.15, -0.1) is 0 Å². The van der Waals surface area contributed by atoms with Gasteiger partial charge in [0.05, 0.1) is 4.47 Å². The van der Waals surface area contributed by atoms with Crippen molar-refractivity contribution in [3.63, 3.8) is 0 Å². The summed E-state index contributed by atoms with van der Waals surface area (Å²) in [7, 11) is 0. The molecular formula is C15H15Br2NO. The Hall–Kier alpha value is -0.840. The molecule has 0 amide bonds. The second kappa shape index (κ2) is 6.55. The van der Waals surface area contributed by atoms with E-state index in [1.807, 2.05) is 49.4 Å². The topological polar surface area (TPSA) is 35.2 Å². The highest BCUT2D eigenvalue weighted by Crippen LogP contribution is 2.29. The molecule has 0 saturated carbocycles. The fourth-order valence-electron chi connectivity index (χ4n) is 1.69. The lowest BCUT2D eigenvalue weighted by Crippen LogP contribution is -2.05. The summed E-state index contributed by atoms with van der Waals surface area (Å²) in [5.74, 6) is 0.820. The van der Waals surface area contributed by atoms with Crippen molar-refractivity contribution >= 4 is 31.9 Å². The van der Waals surface area contributed by atoms with Crippen LogP contribution in [0.2, 0.25) is 0 Å². The zero-order valence-electron chi connectivity index (χ0n) is 10.6. The van der Waals surface area contributed by atoms with Gasteiger partial charge < -0.3 is 10.5 Å². The van der Waals surface area contributed by atoms with Gasteiger partial charge in [0, 0.05) is 16.1 Å². The summed E-state index contributed by atoms with van der Waals surface area (Å²) in [4.78, 5) is 0. The van der Waals surface area contributed by atoms with E-state index in [9.17, 15) is 0 Å². The van der Waals surface area contributed by atoms with Crippen molar-refractivity contribution < 1.29 is 4.74 Å². The Morgan fingerprint density at radius 3 is 2.47 bits per heavy atom. The molecule has 0 aliphatic heterocycles. The molecule has 2 aromatic rings. The Balaban J connectivity index is 2.10. The van der Waals surface area contributed by atoms with E-state index in [0.29, 0.717) is 6.61 Å². The number of rotatable bonds is 4. The molecular weight excluding hydrogens is 370 g/mol. The Morgan fingerprint density at radius 1 is 1.11 bits per heavy atom. The molecule has 19 heavy (non-hydrogen) atoms. The average Bonchev–Trinajstić information content (AvgIpc) is 2.39. The summed E-state index contributed by atoms with van der Waals surface area (Å²) in [6.45, 7) is 2.49. The van der Waals surface area contributed by atoms with E-state index in [2.05, 4.69) is 31.9 Å². The molecule has 100 valence electrons. The second-order valence-corrected chi connectivity index (χ2v) is 6.07. The lowest BCUT2D eigenvalue weighted by atomic mass is 10.1. The second-order valence-electron chi connectivity index (χ2n) is 4.36. The molecule has 2 rings (SSSR count). The van der Waals surface area contributed by atoms with Crippen molar-refractivity contribution in [1.82, 2.24) is 0 Å². The SMILES string of the molecule is C[C@@H](N)c1ccc(OCc2ccccc2Br)c(Br)c1. The van der Waals surface area contributed by atoms with Crippen molar-refractivity contribution in [2.75, 3.05) is 0 Å². The molecule has 0 unspecified atom stereocenters. The molecule has 0 aliphatic rings. The number of hydrogen-bond acceptors (Lipinski definition) is 2. The number of benzene rings is 2. The highest BCUT2D eigenvalue weighted by molar-refractivity contribution is 9.10. The van der Waals surface area contributed by atoms with Crippen LogP contribution in [0.1, 0.15) is 24.1 Å². The molecule has 1 atom stereocenters. The molecule has 0 heterocycles. The fourth-order valence-corrected chi connectivity index (χ4v) is 2.60. The predicted molar refractivity (Wildman–Crippen MR) is 85.2 cm³/mol. The standard InChI is InChI=1S/C15H15Br2NO/c1-10(18)11-6-7-15(14(17)8-11)19-9-12-4-2-3-5-13(12)16/h2-8,10H,9,18H2,1H3/t10-/m1/s1. The van der Waals surface area contributed by atoms with Crippen LogP contribution in [0.5, 0.6) is 5.75 Å². The van der Waals surface area contributed by atoms with Crippen molar-refractivity contribution in [2.45, 2.75) is 19.6 Å². The smallest absolute Gasteiger partial charge is 0.134 e. The number of ether oxygens (including phenoxy) is 1. The molecule has 4 heteroatoms. The third kappa shape index (κ3) is 3.81. The van der Waals surface area contributed by atoms with Crippen LogP contribution >= 0.6 is 31.9 Å². The van der Waals surface area contributed by atoms with Gasteiger partial charge in [-0.2, -0.15) is 0 Å². The summed E-state index contributed by atoms with van der Waals surface area (Å²) in [6, 6.07) is 14.0. The minimum absolute atomic E-state index is 0.0219. The maximum Gasteiger partial charge on any atom is 0.134 e. The fraction of sp³-hybridized carbons (Fsp3) is 0.200. The van der Waals surface area contributed by atoms with E-state index >= 15 is 0 Å². The van der Waals surface area contributed by atoms with E-state index in [-0.39, 0.29) is 6.04 Å². The van der Waals surface area contributed by atoms with Gasteiger partial charge in [-0.1, -0.05) is 40.2 Å². The third-order valence-electron chi connectivity index (χ3n) is 2.82. The van der Waals surface area contributed by atoms with Crippen LogP contribution in [-0.2, 0) is 6.61 Å².